The zero-order valence-corrected chi connectivity index (χ0v) is 13.9. The first-order valence-electron chi connectivity index (χ1n) is 8.58. The van der Waals surface area contributed by atoms with E-state index in [0.717, 1.165) is 31.4 Å². The topological polar surface area (TPSA) is 96.8 Å². The molecule has 2 heterocycles. The second kappa shape index (κ2) is 6.55. The van der Waals surface area contributed by atoms with Gasteiger partial charge in [0.05, 0.1) is 26.3 Å². The predicted octanol–water partition coefficient (Wildman–Crippen LogP) is 2.94. The number of cyclic esters (lactones) is 1. The van der Waals surface area contributed by atoms with Crippen LogP contribution < -0.4 is 4.90 Å². The van der Waals surface area contributed by atoms with Crippen LogP contribution in [0.25, 0.3) is 10.4 Å². The normalized spacial score (nSPS) is 24.6. The Bertz CT molecular complexity index is 725. The maximum Gasteiger partial charge on any atom is 0.414 e. The number of benzene rings is 1. The second-order valence-electron chi connectivity index (χ2n) is 6.59. The van der Waals surface area contributed by atoms with Crippen LogP contribution in [0.3, 0.4) is 0 Å². The molecule has 8 nitrogen and oxygen atoms in total. The molecule has 0 saturated carbocycles. The number of anilines is 1. The van der Waals surface area contributed by atoms with Crippen LogP contribution >= 0.6 is 0 Å². The fraction of sp³-hybridized carbons (Fsp3) is 0.588. The highest BCUT2D eigenvalue weighted by atomic mass is 16.7. The predicted molar refractivity (Wildman–Crippen MR) is 89.3 cm³/mol. The van der Waals surface area contributed by atoms with E-state index in [1.807, 2.05) is 6.07 Å². The van der Waals surface area contributed by atoms with Crippen molar-refractivity contribution in [1.82, 2.24) is 0 Å². The highest BCUT2D eigenvalue weighted by Crippen LogP contribution is 2.36. The maximum atomic E-state index is 12.1. The highest BCUT2D eigenvalue weighted by molar-refractivity contribution is 5.89. The molecule has 2 aliphatic heterocycles. The monoisotopic (exact) mass is 344 g/mol. The lowest BCUT2D eigenvalue weighted by Crippen LogP contribution is -2.30. The van der Waals surface area contributed by atoms with Crippen molar-refractivity contribution in [2.45, 2.75) is 37.6 Å². The van der Waals surface area contributed by atoms with Gasteiger partial charge in [-0.25, -0.2) is 4.79 Å². The smallest absolute Gasteiger partial charge is 0.414 e. The third kappa shape index (κ3) is 3.16. The first-order valence-corrected chi connectivity index (χ1v) is 8.58. The van der Waals surface area contributed by atoms with Crippen molar-refractivity contribution in [2.24, 2.45) is 5.11 Å². The molecule has 0 bridgehead atoms. The summed E-state index contributed by atoms with van der Waals surface area (Å²) in [6, 6.07) is 6.08. The molecule has 2 fully saturated rings. The van der Waals surface area contributed by atoms with Gasteiger partial charge >= 0.3 is 6.09 Å². The summed E-state index contributed by atoms with van der Waals surface area (Å²) in [7, 11) is 0. The molecule has 0 aromatic heterocycles. The minimum atomic E-state index is -0.438. The standard InChI is InChI=1S/C17H20N4O4/c18-20-19-10-15-11-21(16(22)25-15)14-2-1-12-3-5-17(23-7-8-24-17)6-4-13(12)9-14/h1-2,9,15H,3-8,10-11H2/t15-/m0/s1. The van der Waals surface area contributed by atoms with Crippen LogP contribution in [0.4, 0.5) is 10.5 Å². The molecule has 0 radical (unpaired) electrons. The summed E-state index contributed by atoms with van der Waals surface area (Å²) in [4.78, 5) is 16.4. The van der Waals surface area contributed by atoms with Crippen molar-refractivity contribution in [3.63, 3.8) is 0 Å². The van der Waals surface area contributed by atoms with E-state index in [0.29, 0.717) is 19.8 Å². The van der Waals surface area contributed by atoms with Crippen molar-refractivity contribution < 1.29 is 19.0 Å². The van der Waals surface area contributed by atoms with Gasteiger partial charge in [-0.15, -0.1) is 0 Å². The third-order valence-corrected chi connectivity index (χ3v) is 5.09. The molecule has 4 rings (SSSR count). The highest BCUT2D eigenvalue weighted by Gasteiger charge is 2.38. The Labute approximate surface area is 145 Å². The van der Waals surface area contributed by atoms with E-state index in [4.69, 9.17) is 19.7 Å². The molecular weight excluding hydrogens is 324 g/mol. The van der Waals surface area contributed by atoms with Gasteiger partial charge in [0, 0.05) is 23.4 Å². The van der Waals surface area contributed by atoms with Gasteiger partial charge in [0.15, 0.2) is 5.79 Å². The summed E-state index contributed by atoms with van der Waals surface area (Å²) >= 11 is 0. The Balaban J connectivity index is 1.51. The van der Waals surface area contributed by atoms with Crippen LogP contribution in [0.5, 0.6) is 0 Å². The number of ether oxygens (including phenoxy) is 3. The lowest BCUT2D eigenvalue weighted by Gasteiger charge is -2.25. The lowest BCUT2D eigenvalue weighted by molar-refractivity contribution is -0.164. The molecule has 8 heteroatoms. The van der Waals surface area contributed by atoms with Crippen molar-refractivity contribution in [3.8, 4) is 0 Å². The quantitative estimate of drug-likeness (QED) is 0.478. The summed E-state index contributed by atoms with van der Waals surface area (Å²) in [6.07, 6.45) is 2.65. The minimum Gasteiger partial charge on any atom is -0.444 e. The number of aryl methyl sites for hydroxylation is 2. The van der Waals surface area contributed by atoms with E-state index in [1.54, 1.807) is 4.90 Å². The number of hydrogen-bond acceptors (Lipinski definition) is 5. The molecule has 1 aliphatic carbocycles. The fourth-order valence-corrected chi connectivity index (χ4v) is 3.77. The molecule has 1 atom stereocenters. The van der Waals surface area contributed by atoms with E-state index in [-0.39, 0.29) is 6.54 Å². The number of azide groups is 1. The second-order valence-corrected chi connectivity index (χ2v) is 6.59. The molecule has 1 aromatic carbocycles. The van der Waals surface area contributed by atoms with Crippen LogP contribution in [0, 0.1) is 0 Å². The van der Waals surface area contributed by atoms with Crippen LogP contribution in [-0.4, -0.2) is 44.3 Å². The van der Waals surface area contributed by atoms with Crippen molar-refractivity contribution in [3.05, 3.63) is 39.8 Å². The first kappa shape index (κ1) is 16.2. The largest absolute Gasteiger partial charge is 0.444 e. The number of amides is 1. The Hall–Kier alpha value is -2.28. The Morgan fingerprint density at radius 2 is 2.00 bits per heavy atom. The molecule has 3 aliphatic rings. The molecule has 132 valence electrons. The molecule has 0 N–H and O–H groups in total. The van der Waals surface area contributed by atoms with Gasteiger partial charge in [-0.1, -0.05) is 11.2 Å². The summed E-state index contributed by atoms with van der Waals surface area (Å²) < 4.78 is 16.9. The summed E-state index contributed by atoms with van der Waals surface area (Å²) in [5, 5.41) is 3.49. The van der Waals surface area contributed by atoms with Crippen molar-refractivity contribution in [1.29, 1.82) is 0 Å². The number of rotatable bonds is 3. The van der Waals surface area contributed by atoms with Crippen molar-refractivity contribution in [2.75, 3.05) is 31.2 Å². The van der Waals surface area contributed by atoms with E-state index < -0.39 is 18.0 Å². The third-order valence-electron chi connectivity index (χ3n) is 5.09. The SMILES string of the molecule is [N-]=[N+]=NC[C@H]1CN(c2ccc3c(c2)CCC2(CC3)OCCO2)C(=O)O1. The molecular formula is C17H20N4O4. The Kier molecular flexibility index (Phi) is 4.25. The average molecular weight is 344 g/mol. The zero-order chi connectivity index (χ0) is 17.3. The molecule has 1 amide bonds. The Morgan fingerprint density at radius 3 is 2.76 bits per heavy atom. The van der Waals surface area contributed by atoms with Gasteiger partial charge in [-0.05, 0) is 41.6 Å². The molecule has 25 heavy (non-hydrogen) atoms. The van der Waals surface area contributed by atoms with Gasteiger partial charge in [0.1, 0.15) is 6.10 Å². The summed E-state index contributed by atoms with van der Waals surface area (Å²) in [6.45, 7) is 1.87. The van der Waals surface area contributed by atoms with Crippen LogP contribution in [0.2, 0.25) is 0 Å². The van der Waals surface area contributed by atoms with Gasteiger partial charge < -0.3 is 14.2 Å². The number of hydrogen-bond donors (Lipinski definition) is 0. The molecule has 1 aromatic rings. The number of nitrogens with zero attached hydrogens (tertiary/aromatic N) is 4. The van der Waals surface area contributed by atoms with E-state index in [2.05, 4.69) is 22.2 Å². The summed E-state index contributed by atoms with van der Waals surface area (Å²) in [5.74, 6) is -0.438. The van der Waals surface area contributed by atoms with Crippen molar-refractivity contribution >= 4 is 11.8 Å². The van der Waals surface area contributed by atoms with Gasteiger partial charge in [-0.3, -0.25) is 4.90 Å². The number of fused-ring (bicyclic) bond motifs is 1. The van der Waals surface area contributed by atoms with Gasteiger partial charge in [0.25, 0.3) is 0 Å². The molecule has 1 spiro atoms. The first-order chi connectivity index (χ1) is 12.2. The maximum absolute atomic E-state index is 12.1. The van der Waals surface area contributed by atoms with E-state index in [9.17, 15) is 4.79 Å². The fourth-order valence-electron chi connectivity index (χ4n) is 3.77. The molecule has 2 saturated heterocycles. The lowest BCUT2D eigenvalue weighted by atomic mass is 10.0. The van der Waals surface area contributed by atoms with Crippen LogP contribution in [-0.2, 0) is 27.1 Å². The Morgan fingerprint density at radius 1 is 1.24 bits per heavy atom. The van der Waals surface area contributed by atoms with E-state index in [1.165, 1.54) is 11.1 Å². The zero-order valence-electron chi connectivity index (χ0n) is 13.9. The molecule has 0 unspecified atom stereocenters. The van der Waals surface area contributed by atoms with Crippen LogP contribution in [0.1, 0.15) is 24.0 Å². The van der Waals surface area contributed by atoms with Crippen LogP contribution in [0.15, 0.2) is 23.3 Å². The minimum absolute atomic E-state index is 0.154. The number of carbonyl (C=O) groups is 1. The van der Waals surface area contributed by atoms with Gasteiger partial charge in [-0.2, -0.15) is 0 Å². The van der Waals surface area contributed by atoms with Gasteiger partial charge in [0.2, 0.25) is 0 Å². The number of carbonyl (C=O) groups excluding carboxylic acids is 1. The van der Waals surface area contributed by atoms with E-state index >= 15 is 0 Å². The average Bonchev–Trinajstić information content (AvgIpc) is 3.19. The summed E-state index contributed by atoms with van der Waals surface area (Å²) in [5.41, 5.74) is 11.7.